The number of hydrogen-bond acceptors (Lipinski definition) is 3. The zero-order valence-electron chi connectivity index (χ0n) is 8.53. The number of likely N-dealkylation sites (N-methyl/N-ethyl adjacent to an activating group) is 1. The van der Waals surface area contributed by atoms with Crippen LogP contribution in [-0.4, -0.2) is 37.1 Å². The number of carbonyl (C=O) groups is 1. The van der Waals surface area contributed by atoms with Crippen molar-refractivity contribution in [3.05, 3.63) is 0 Å². The summed E-state index contributed by atoms with van der Waals surface area (Å²) in [5.74, 6) is 0.0560. The first kappa shape index (κ1) is 11.0. The maximum atomic E-state index is 11.7. The zero-order chi connectivity index (χ0) is 10.4. The summed E-state index contributed by atoms with van der Waals surface area (Å²) in [4.78, 5) is 13.3. The molecule has 0 aliphatic carbocycles. The van der Waals surface area contributed by atoms with E-state index in [1.807, 2.05) is 0 Å². The van der Waals surface area contributed by atoms with Gasteiger partial charge in [-0.15, -0.1) is 0 Å². The van der Waals surface area contributed by atoms with Crippen LogP contribution < -0.4 is 0 Å². The normalized spacial score (nSPS) is 20.4. The molecule has 1 saturated heterocycles. The van der Waals surface area contributed by atoms with Crippen molar-refractivity contribution in [3.63, 3.8) is 0 Å². The van der Waals surface area contributed by atoms with E-state index >= 15 is 0 Å². The second-order valence-electron chi connectivity index (χ2n) is 3.52. The van der Waals surface area contributed by atoms with Crippen LogP contribution in [-0.2, 0) is 9.53 Å². The minimum absolute atomic E-state index is 0.0560. The molecule has 0 aromatic heterocycles. The molecule has 0 N–H and O–H groups in total. The van der Waals surface area contributed by atoms with Crippen molar-refractivity contribution < 1.29 is 9.53 Å². The first-order chi connectivity index (χ1) is 6.75. The van der Waals surface area contributed by atoms with Crippen LogP contribution >= 0.6 is 0 Å². The van der Waals surface area contributed by atoms with Gasteiger partial charge in [-0.05, 0) is 19.3 Å². The van der Waals surface area contributed by atoms with E-state index in [2.05, 4.69) is 6.07 Å². The van der Waals surface area contributed by atoms with Gasteiger partial charge in [0.25, 0.3) is 5.91 Å². The molecule has 4 heteroatoms. The van der Waals surface area contributed by atoms with Crippen molar-refractivity contribution in [3.8, 4) is 6.07 Å². The van der Waals surface area contributed by atoms with Crippen LogP contribution in [0.2, 0.25) is 0 Å². The zero-order valence-corrected chi connectivity index (χ0v) is 8.53. The van der Waals surface area contributed by atoms with Crippen molar-refractivity contribution in [1.82, 2.24) is 4.90 Å². The smallest absolute Gasteiger partial charge is 0.251 e. The summed E-state index contributed by atoms with van der Waals surface area (Å²) in [7, 11) is 1.77. The molecule has 0 aromatic carbocycles. The summed E-state index contributed by atoms with van der Waals surface area (Å²) in [6.45, 7) is 1.34. The highest BCUT2D eigenvalue weighted by atomic mass is 16.5. The van der Waals surface area contributed by atoms with Crippen molar-refractivity contribution >= 4 is 5.91 Å². The maximum Gasteiger partial charge on any atom is 0.251 e. The Labute approximate surface area is 84.4 Å². The van der Waals surface area contributed by atoms with Gasteiger partial charge in [0.1, 0.15) is 6.10 Å². The van der Waals surface area contributed by atoms with Gasteiger partial charge < -0.3 is 9.64 Å². The quantitative estimate of drug-likeness (QED) is 0.628. The average molecular weight is 196 g/mol. The predicted octanol–water partition coefficient (Wildman–Crippen LogP) is 0.928. The molecule has 0 radical (unpaired) electrons. The fourth-order valence-corrected chi connectivity index (χ4v) is 1.52. The van der Waals surface area contributed by atoms with Gasteiger partial charge in [0.15, 0.2) is 0 Å². The number of hydrogen-bond donors (Lipinski definition) is 0. The van der Waals surface area contributed by atoms with Crippen LogP contribution in [0.4, 0.5) is 0 Å². The highest BCUT2D eigenvalue weighted by molar-refractivity contribution is 5.80. The number of nitrogens with zero attached hydrogens (tertiary/aromatic N) is 2. The lowest BCUT2D eigenvalue weighted by Gasteiger charge is -2.19. The van der Waals surface area contributed by atoms with E-state index in [0.29, 0.717) is 19.6 Å². The SMILES string of the molecule is CN(CCCC#N)C(=O)C1CCCO1. The van der Waals surface area contributed by atoms with E-state index in [1.165, 1.54) is 0 Å². The number of rotatable bonds is 4. The fraction of sp³-hybridized carbons (Fsp3) is 0.800. The molecule has 1 fully saturated rings. The Balaban J connectivity index is 2.25. The van der Waals surface area contributed by atoms with Gasteiger partial charge in [0.05, 0.1) is 6.07 Å². The summed E-state index contributed by atoms with van der Waals surface area (Å²) in [6.07, 6.45) is 2.82. The highest BCUT2D eigenvalue weighted by Crippen LogP contribution is 2.14. The Kier molecular flexibility index (Phi) is 4.41. The van der Waals surface area contributed by atoms with Crippen LogP contribution in [0.25, 0.3) is 0 Å². The fourth-order valence-electron chi connectivity index (χ4n) is 1.52. The van der Waals surface area contributed by atoms with E-state index in [0.717, 1.165) is 19.3 Å². The molecular formula is C10H16N2O2. The lowest BCUT2D eigenvalue weighted by atomic mass is 10.2. The Morgan fingerprint density at radius 1 is 1.71 bits per heavy atom. The Morgan fingerprint density at radius 3 is 3.07 bits per heavy atom. The van der Waals surface area contributed by atoms with Gasteiger partial charge >= 0.3 is 0 Å². The van der Waals surface area contributed by atoms with Gasteiger partial charge in [-0.25, -0.2) is 0 Å². The van der Waals surface area contributed by atoms with E-state index in [-0.39, 0.29) is 12.0 Å². The summed E-state index contributed by atoms with van der Waals surface area (Å²) in [5, 5.41) is 8.35. The number of unbranched alkanes of at least 4 members (excludes halogenated alkanes) is 1. The van der Waals surface area contributed by atoms with Crippen molar-refractivity contribution in [1.29, 1.82) is 5.26 Å². The molecule has 78 valence electrons. The first-order valence-corrected chi connectivity index (χ1v) is 4.99. The molecule has 1 heterocycles. The predicted molar refractivity (Wildman–Crippen MR) is 51.5 cm³/mol. The summed E-state index contributed by atoms with van der Waals surface area (Å²) in [5.41, 5.74) is 0. The standard InChI is InChI=1S/C10H16N2O2/c1-12(7-3-2-6-11)10(13)9-5-4-8-14-9/h9H,2-5,7-8H2,1H3. The van der Waals surface area contributed by atoms with Crippen LogP contribution in [0.5, 0.6) is 0 Å². The molecule has 1 rings (SSSR count). The number of ether oxygens (including phenoxy) is 1. The van der Waals surface area contributed by atoms with Crippen molar-refractivity contribution in [2.24, 2.45) is 0 Å². The average Bonchev–Trinajstić information content (AvgIpc) is 2.69. The molecular weight excluding hydrogens is 180 g/mol. The second-order valence-corrected chi connectivity index (χ2v) is 3.52. The third-order valence-corrected chi connectivity index (χ3v) is 2.36. The van der Waals surface area contributed by atoms with Crippen molar-refractivity contribution in [2.75, 3.05) is 20.2 Å². The van der Waals surface area contributed by atoms with E-state index in [9.17, 15) is 4.79 Å². The molecule has 1 unspecified atom stereocenters. The van der Waals surface area contributed by atoms with Crippen LogP contribution in [0, 0.1) is 11.3 Å². The van der Waals surface area contributed by atoms with Gasteiger partial charge in [0.2, 0.25) is 0 Å². The third kappa shape index (κ3) is 3.00. The molecule has 1 aliphatic heterocycles. The molecule has 14 heavy (non-hydrogen) atoms. The van der Waals surface area contributed by atoms with Gasteiger partial charge in [-0.1, -0.05) is 0 Å². The van der Waals surface area contributed by atoms with Gasteiger partial charge in [-0.2, -0.15) is 5.26 Å². The molecule has 0 aromatic rings. The molecule has 1 amide bonds. The summed E-state index contributed by atoms with van der Waals surface area (Å²) < 4.78 is 5.29. The largest absolute Gasteiger partial charge is 0.368 e. The molecule has 0 spiro atoms. The topological polar surface area (TPSA) is 53.3 Å². The van der Waals surface area contributed by atoms with Crippen LogP contribution in [0.3, 0.4) is 0 Å². The van der Waals surface area contributed by atoms with Gasteiger partial charge in [0, 0.05) is 26.6 Å². The summed E-state index contributed by atoms with van der Waals surface area (Å²) >= 11 is 0. The lowest BCUT2D eigenvalue weighted by molar-refractivity contribution is -0.139. The van der Waals surface area contributed by atoms with Crippen molar-refractivity contribution in [2.45, 2.75) is 31.8 Å². The Bertz CT molecular complexity index is 229. The van der Waals surface area contributed by atoms with Crippen LogP contribution in [0.15, 0.2) is 0 Å². The minimum atomic E-state index is -0.234. The molecule has 4 nitrogen and oxygen atoms in total. The number of amides is 1. The van der Waals surface area contributed by atoms with E-state index in [1.54, 1.807) is 11.9 Å². The second kappa shape index (κ2) is 5.61. The number of nitriles is 1. The number of carbonyl (C=O) groups excluding carboxylic acids is 1. The Hall–Kier alpha value is -1.08. The first-order valence-electron chi connectivity index (χ1n) is 4.99. The molecule has 0 bridgehead atoms. The van der Waals surface area contributed by atoms with Gasteiger partial charge in [-0.3, -0.25) is 4.79 Å². The maximum absolute atomic E-state index is 11.7. The van der Waals surface area contributed by atoms with Crippen LogP contribution in [0.1, 0.15) is 25.7 Å². The molecule has 1 atom stereocenters. The van der Waals surface area contributed by atoms with E-state index < -0.39 is 0 Å². The third-order valence-electron chi connectivity index (χ3n) is 2.36. The monoisotopic (exact) mass is 196 g/mol. The highest BCUT2D eigenvalue weighted by Gasteiger charge is 2.25. The molecule has 1 aliphatic rings. The Morgan fingerprint density at radius 2 is 2.50 bits per heavy atom. The van der Waals surface area contributed by atoms with E-state index in [4.69, 9.17) is 10.00 Å². The summed E-state index contributed by atoms with van der Waals surface area (Å²) in [6, 6.07) is 2.06. The minimum Gasteiger partial charge on any atom is -0.368 e. The lowest BCUT2D eigenvalue weighted by Crippen LogP contribution is -2.36. The molecule has 0 saturated carbocycles.